The summed E-state index contributed by atoms with van der Waals surface area (Å²) in [5.74, 6) is -0.289. The maximum absolute atomic E-state index is 13.7. The fourth-order valence-corrected chi connectivity index (χ4v) is 4.18. The van der Waals surface area contributed by atoms with Gasteiger partial charge in [-0.3, -0.25) is 23.9 Å². The van der Waals surface area contributed by atoms with Crippen molar-refractivity contribution in [1.29, 1.82) is 0 Å². The van der Waals surface area contributed by atoms with Gasteiger partial charge in [0.05, 0.1) is 24.8 Å². The second-order valence-electron chi connectivity index (χ2n) is 8.06. The minimum Gasteiger partial charge on any atom is -0.379 e. The molecule has 0 radical (unpaired) electrons. The molecule has 1 saturated heterocycles. The lowest BCUT2D eigenvalue weighted by Gasteiger charge is -2.33. The molecule has 1 aromatic carbocycles. The zero-order valence-electron chi connectivity index (χ0n) is 18.5. The van der Waals surface area contributed by atoms with Crippen molar-refractivity contribution in [2.75, 3.05) is 31.6 Å². The van der Waals surface area contributed by atoms with Gasteiger partial charge in [0, 0.05) is 43.4 Å². The molecule has 9 heteroatoms. The molecule has 1 atom stereocenters. The summed E-state index contributed by atoms with van der Waals surface area (Å²) in [6.07, 6.45) is 4.60. The molecule has 3 aromatic rings. The van der Waals surface area contributed by atoms with Crippen LogP contribution in [0.5, 0.6) is 0 Å². The highest BCUT2D eigenvalue weighted by molar-refractivity contribution is 6.02. The molecular weight excluding hydrogens is 422 g/mol. The number of aryl methyl sites for hydroxylation is 1. The van der Waals surface area contributed by atoms with Crippen molar-refractivity contribution in [3.05, 3.63) is 59.9 Å². The molecular formula is C24H27N5O4. The molecule has 1 unspecified atom stereocenters. The Morgan fingerprint density at radius 1 is 1.12 bits per heavy atom. The number of morpholine rings is 1. The maximum atomic E-state index is 13.7. The zero-order valence-corrected chi connectivity index (χ0v) is 18.5. The molecule has 0 aliphatic carbocycles. The van der Waals surface area contributed by atoms with E-state index in [0.29, 0.717) is 61.4 Å². The van der Waals surface area contributed by atoms with Gasteiger partial charge in [-0.1, -0.05) is 12.1 Å². The number of carbonyl (C=O) groups is 3. The van der Waals surface area contributed by atoms with Crippen LogP contribution in [0.1, 0.15) is 34.1 Å². The standard InChI is InChI=1S/C24H27N5O4/c1-16(30)27-23-19-9-11-29(20(19)8-10-26-23)24(32)21(28-12-14-33-15-13-28)7-4-17-2-5-18(6-3-17)22(25)31/h2-3,5-6,8-11,21H,4,7,12-15H2,1H3,(H2,25,31)(H,26,27,30). The summed E-state index contributed by atoms with van der Waals surface area (Å²) in [5, 5.41) is 3.43. The molecule has 1 aliphatic heterocycles. The van der Waals surface area contributed by atoms with Gasteiger partial charge in [0.1, 0.15) is 5.82 Å². The topological polar surface area (TPSA) is 120 Å². The molecule has 172 valence electrons. The van der Waals surface area contributed by atoms with Crippen LogP contribution in [0.4, 0.5) is 5.82 Å². The summed E-state index contributed by atoms with van der Waals surface area (Å²) >= 11 is 0. The Morgan fingerprint density at radius 2 is 1.85 bits per heavy atom. The molecule has 2 amide bonds. The Morgan fingerprint density at radius 3 is 2.52 bits per heavy atom. The maximum Gasteiger partial charge on any atom is 0.248 e. The number of amides is 2. The summed E-state index contributed by atoms with van der Waals surface area (Å²) in [6, 6.07) is 10.4. The summed E-state index contributed by atoms with van der Waals surface area (Å²) in [4.78, 5) is 43.0. The van der Waals surface area contributed by atoms with Gasteiger partial charge in [0.15, 0.2) is 0 Å². The number of benzene rings is 1. The molecule has 1 fully saturated rings. The molecule has 0 saturated carbocycles. The first-order valence-corrected chi connectivity index (χ1v) is 10.9. The number of rotatable bonds is 7. The number of primary amides is 1. The van der Waals surface area contributed by atoms with Crippen molar-refractivity contribution in [2.45, 2.75) is 25.8 Å². The second kappa shape index (κ2) is 9.93. The first-order valence-electron chi connectivity index (χ1n) is 10.9. The number of nitrogens with two attached hydrogens (primary N) is 1. The molecule has 3 heterocycles. The average Bonchev–Trinajstić information content (AvgIpc) is 3.25. The Kier molecular flexibility index (Phi) is 6.81. The van der Waals surface area contributed by atoms with Gasteiger partial charge in [0.2, 0.25) is 17.7 Å². The monoisotopic (exact) mass is 449 g/mol. The Bertz CT molecular complexity index is 1170. The Balaban J connectivity index is 1.59. The van der Waals surface area contributed by atoms with Gasteiger partial charge in [-0.25, -0.2) is 4.98 Å². The Hall–Kier alpha value is -3.56. The molecule has 4 rings (SSSR count). The Labute approximate surface area is 191 Å². The van der Waals surface area contributed by atoms with E-state index in [0.717, 1.165) is 5.56 Å². The van der Waals surface area contributed by atoms with E-state index in [9.17, 15) is 14.4 Å². The molecule has 33 heavy (non-hydrogen) atoms. The van der Waals surface area contributed by atoms with Gasteiger partial charge in [-0.05, 0) is 42.7 Å². The van der Waals surface area contributed by atoms with E-state index in [1.165, 1.54) is 6.92 Å². The van der Waals surface area contributed by atoms with Crippen molar-refractivity contribution in [1.82, 2.24) is 14.5 Å². The van der Waals surface area contributed by atoms with Gasteiger partial charge in [0.25, 0.3) is 0 Å². The zero-order chi connectivity index (χ0) is 23.4. The van der Waals surface area contributed by atoms with Crippen LogP contribution in [0.15, 0.2) is 48.8 Å². The molecule has 1 aliphatic rings. The number of aromatic nitrogens is 2. The molecule has 0 bridgehead atoms. The highest BCUT2D eigenvalue weighted by Crippen LogP contribution is 2.24. The van der Waals surface area contributed by atoms with E-state index in [1.54, 1.807) is 41.2 Å². The predicted octanol–water partition coefficient (Wildman–Crippen LogP) is 2.07. The number of hydrogen-bond acceptors (Lipinski definition) is 6. The van der Waals surface area contributed by atoms with E-state index in [4.69, 9.17) is 10.5 Å². The number of nitrogens with zero attached hydrogens (tertiary/aromatic N) is 3. The van der Waals surface area contributed by atoms with Crippen LogP contribution in [0.25, 0.3) is 10.9 Å². The van der Waals surface area contributed by atoms with Gasteiger partial charge in [-0.2, -0.15) is 0 Å². The summed E-state index contributed by atoms with van der Waals surface area (Å²) in [7, 11) is 0. The fourth-order valence-electron chi connectivity index (χ4n) is 4.18. The molecule has 2 aromatic heterocycles. The lowest BCUT2D eigenvalue weighted by Crippen LogP contribution is -2.49. The third kappa shape index (κ3) is 5.10. The van der Waals surface area contributed by atoms with Crippen LogP contribution < -0.4 is 11.1 Å². The van der Waals surface area contributed by atoms with E-state index >= 15 is 0 Å². The lowest BCUT2D eigenvalue weighted by atomic mass is 10.0. The third-order valence-electron chi connectivity index (χ3n) is 5.87. The summed E-state index contributed by atoms with van der Waals surface area (Å²) in [6.45, 7) is 3.94. The number of pyridine rings is 1. The molecule has 9 nitrogen and oxygen atoms in total. The predicted molar refractivity (Wildman–Crippen MR) is 124 cm³/mol. The fraction of sp³-hybridized carbons (Fsp3) is 0.333. The summed E-state index contributed by atoms with van der Waals surface area (Å²) in [5.41, 5.74) is 7.51. The largest absolute Gasteiger partial charge is 0.379 e. The van der Waals surface area contributed by atoms with Crippen molar-refractivity contribution in [2.24, 2.45) is 5.73 Å². The number of ether oxygens (including phenoxy) is 1. The van der Waals surface area contributed by atoms with Gasteiger partial charge >= 0.3 is 0 Å². The highest BCUT2D eigenvalue weighted by Gasteiger charge is 2.29. The lowest BCUT2D eigenvalue weighted by molar-refractivity contribution is -0.114. The second-order valence-corrected chi connectivity index (χ2v) is 8.06. The SMILES string of the molecule is CC(=O)Nc1nccc2c1ccn2C(=O)C(CCc1ccc(C(N)=O)cc1)N1CCOCC1. The number of anilines is 1. The van der Waals surface area contributed by atoms with Crippen molar-refractivity contribution in [3.8, 4) is 0 Å². The number of carbonyl (C=O) groups excluding carboxylic acids is 3. The van der Waals surface area contributed by atoms with Crippen LogP contribution in [0.3, 0.4) is 0 Å². The average molecular weight is 450 g/mol. The normalized spacial score (nSPS) is 15.3. The van der Waals surface area contributed by atoms with Crippen molar-refractivity contribution < 1.29 is 19.1 Å². The highest BCUT2D eigenvalue weighted by atomic mass is 16.5. The first kappa shape index (κ1) is 22.6. The molecule has 0 spiro atoms. The van der Waals surface area contributed by atoms with Gasteiger partial charge in [-0.15, -0.1) is 0 Å². The number of hydrogen-bond donors (Lipinski definition) is 2. The van der Waals surface area contributed by atoms with Crippen molar-refractivity contribution >= 4 is 34.4 Å². The van der Waals surface area contributed by atoms with Crippen molar-refractivity contribution in [3.63, 3.8) is 0 Å². The third-order valence-corrected chi connectivity index (χ3v) is 5.87. The van der Waals surface area contributed by atoms with E-state index < -0.39 is 5.91 Å². The smallest absolute Gasteiger partial charge is 0.248 e. The number of fused-ring (bicyclic) bond motifs is 1. The van der Waals surface area contributed by atoms with Crippen LogP contribution in [-0.4, -0.2) is 64.5 Å². The van der Waals surface area contributed by atoms with E-state index in [2.05, 4.69) is 15.2 Å². The molecule has 3 N–H and O–H groups in total. The van der Waals surface area contributed by atoms with Crippen LogP contribution in [0, 0.1) is 0 Å². The quantitative estimate of drug-likeness (QED) is 0.570. The first-order chi connectivity index (χ1) is 15.9. The van der Waals surface area contributed by atoms with E-state index in [-0.39, 0.29) is 17.9 Å². The van der Waals surface area contributed by atoms with Crippen LogP contribution in [-0.2, 0) is 16.0 Å². The number of nitrogens with one attached hydrogen (secondary N) is 1. The van der Waals surface area contributed by atoms with Crippen LogP contribution >= 0.6 is 0 Å². The minimum absolute atomic E-state index is 0.0411. The summed E-state index contributed by atoms with van der Waals surface area (Å²) < 4.78 is 7.13. The van der Waals surface area contributed by atoms with Crippen LogP contribution in [0.2, 0.25) is 0 Å². The van der Waals surface area contributed by atoms with E-state index in [1.807, 2.05) is 12.1 Å². The minimum atomic E-state index is -0.462. The van der Waals surface area contributed by atoms with Gasteiger partial charge < -0.3 is 15.8 Å².